The van der Waals surface area contributed by atoms with Gasteiger partial charge in [-0.3, -0.25) is 0 Å². The number of benzene rings is 1. The lowest BCUT2D eigenvalue weighted by Gasteiger charge is -2.24. The molecule has 1 rings (SSSR count). The SMILES string of the molecule is CCCC(CCC)C(Br)c1cc(Br)ccc1OC. The summed E-state index contributed by atoms with van der Waals surface area (Å²) in [4.78, 5) is 0.366. The van der Waals surface area contributed by atoms with E-state index in [1.54, 1.807) is 7.11 Å². The molecule has 0 N–H and O–H groups in total. The average Bonchev–Trinajstić information content (AvgIpc) is 2.37. The smallest absolute Gasteiger partial charge is 0.123 e. The third-order valence-corrected chi connectivity index (χ3v) is 4.96. The fourth-order valence-corrected chi connectivity index (χ4v) is 3.62. The van der Waals surface area contributed by atoms with E-state index in [0.29, 0.717) is 10.7 Å². The van der Waals surface area contributed by atoms with Crippen LogP contribution < -0.4 is 4.74 Å². The average molecular weight is 378 g/mol. The van der Waals surface area contributed by atoms with Crippen LogP contribution in [0.3, 0.4) is 0 Å². The van der Waals surface area contributed by atoms with Crippen LogP contribution in [0.2, 0.25) is 0 Å². The van der Waals surface area contributed by atoms with E-state index < -0.39 is 0 Å². The van der Waals surface area contributed by atoms with E-state index in [2.05, 4.69) is 51.8 Å². The van der Waals surface area contributed by atoms with Gasteiger partial charge in [0.2, 0.25) is 0 Å². The van der Waals surface area contributed by atoms with Crippen molar-refractivity contribution in [2.75, 3.05) is 7.11 Å². The molecule has 1 nitrogen and oxygen atoms in total. The minimum Gasteiger partial charge on any atom is -0.496 e. The minimum absolute atomic E-state index is 0.366. The molecule has 3 heteroatoms. The van der Waals surface area contributed by atoms with E-state index in [9.17, 15) is 0 Å². The molecule has 18 heavy (non-hydrogen) atoms. The van der Waals surface area contributed by atoms with Crippen LogP contribution in [0.1, 0.15) is 49.9 Å². The highest BCUT2D eigenvalue weighted by molar-refractivity contribution is 9.10. The summed E-state index contributed by atoms with van der Waals surface area (Å²) in [5.74, 6) is 1.64. The molecule has 1 unspecified atom stereocenters. The normalized spacial score (nSPS) is 12.8. The van der Waals surface area contributed by atoms with Crippen LogP contribution >= 0.6 is 31.9 Å². The van der Waals surface area contributed by atoms with Crippen molar-refractivity contribution in [3.63, 3.8) is 0 Å². The maximum Gasteiger partial charge on any atom is 0.123 e. The predicted molar refractivity (Wildman–Crippen MR) is 85.7 cm³/mol. The van der Waals surface area contributed by atoms with Gasteiger partial charge in [0.25, 0.3) is 0 Å². The first kappa shape index (κ1) is 16.0. The van der Waals surface area contributed by atoms with Gasteiger partial charge in [0.15, 0.2) is 0 Å². The molecule has 102 valence electrons. The predicted octanol–water partition coefficient (Wildman–Crippen LogP) is 6.11. The van der Waals surface area contributed by atoms with Crippen LogP contribution in [0.5, 0.6) is 5.75 Å². The molecular weight excluding hydrogens is 356 g/mol. The van der Waals surface area contributed by atoms with Crippen molar-refractivity contribution in [2.24, 2.45) is 5.92 Å². The molecule has 0 saturated carbocycles. The van der Waals surface area contributed by atoms with Crippen LogP contribution in [0, 0.1) is 5.92 Å². The number of rotatable bonds is 7. The van der Waals surface area contributed by atoms with Crippen LogP contribution in [0.25, 0.3) is 0 Å². The second-order valence-corrected chi connectivity index (χ2v) is 6.53. The molecule has 0 aliphatic rings. The highest BCUT2D eigenvalue weighted by Gasteiger charge is 2.22. The van der Waals surface area contributed by atoms with Gasteiger partial charge >= 0.3 is 0 Å². The monoisotopic (exact) mass is 376 g/mol. The quantitative estimate of drug-likeness (QED) is 0.520. The Balaban J connectivity index is 2.98. The summed E-state index contributed by atoms with van der Waals surface area (Å²) in [7, 11) is 1.74. The minimum atomic E-state index is 0.366. The molecule has 0 aromatic heterocycles. The van der Waals surface area contributed by atoms with Crippen LogP contribution in [-0.4, -0.2) is 7.11 Å². The molecule has 0 heterocycles. The van der Waals surface area contributed by atoms with E-state index in [1.165, 1.54) is 31.2 Å². The van der Waals surface area contributed by atoms with E-state index in [-0.39, 0.29) is 0 Å². The Morgan fingerprint density at radius 3 is 2.28 bits per heavy atom. The zero-order chi connectivity index (χ0) is 13.5. The Hall–Kier alpha value is -0.0200. The Kier molecular flexibility index (Phi) is 7.31. The first-order chi connectivity index (χ1) is 8.63. The third-order valence-electron chi connectivity index (χ3n) is 3.22. The van der Waals surface area contributed by atoms with Gasteiger partial charge < -0.3 is 4.74 Å². The van der Waals surface area contributed by atoms with E-state index in [1.807, 2.05) is 12.1 Å². The summed E-state index contributed by atoms with van der Waals surface area (Å²) in [5, 5.41) is 0. The van der Waals surface area contributed by atoms with Crippen molar-refractivity contribution in [1.29, 1.82) is 0 Å². The number of alkyl halides is 1. The lowest BCUT2D eigenvalue weighted by atomic mass is 9.90. The molecular formula is C15H22Br2O. The number of ether oxygens (including phenoxy) is 1. The van der Waals surface area contributed by atoms with Crippen molar-refractivity contribution < 1.29 is 4.74 Å². The van der Waals surface area contributed by atoms with Gasteiger partial charge in [0.05, 0.1) is 7.11 Å². The summed E-state index contributed by atoms with van der Waals surface area (Å²) < 4.78 is 6.58. The first-order valence-corrected chi connectivity index (χ1v) is 8.32. The Morgan fingerprint density at radius 1 is 1.17 bits per heavy atom. The number of hydrogen-bond donors (Lipinski definition) is 0. The highest BCUT2D eigenvalue weighted by Crippen LogP contribution is 2.41. The molecule has 0 amide bonds. The van der Waals surface area contributed by atoms with Gasteiger partial charge in [0.1, 0.15) is 5.75 Å². The Bertz CT molecular complexity index is 360. The zero-order valence-corrected chi connectivity index (χ0v) is 14.6. The summed E-state index contributed by atoms with van der Waals surface area (Å²) in [6, 6.07) is 6.22. The molecule has 0 radical (unpaired) electrons. The fraction of sp³-hybridized carbons (Fsp3) is 0.600. The van der Waals surface area contributed by atoms with Gasteiger partial charge in [-0.05, 0) is 37.0 Å². The maximum atomic E-state index is 5.48. The Labute approximate surface area is 128 Å². The van der Waals surface area contributed by atoms with Crippen molar-refractivity contribution in [2.45, 2.75) is 44.4 Å². The van der Waals surface area contributed by atoms with Crippen molar-refractivity contribution in [1.82, 2.24) is 0 Å². The first-order valence-electron chi connectivity index (χ1n) is 6.61. The summed E-state index contributed by atoms with van der Waals surface area (Å²) in [6.07, 6.45) is 4.95. The Morgan fingerprint density at radius 2 is 1.78 bits per heavy atom. The summed E-state index contributed by atoms with van der Waals surface area (Å²) >= 11 is 7.42. The molecule has 0 bridgehead atoms. The van der Waals surface area contributed by atoms with Gasteiger partial charge in [0, 0.05) is 14.9 Å². The third kappa shape index (κ3) is 4.27. The highest BCUT2D eigenvalue weighted by atomic mass is 79.9. The molecule has 1 atom stereocenters. The molecule has 0 aliphatic carbocycles. The molecule has 0 fully saturated rings. The zero-order valence-electron chi connectivity index (χ0n) is 11.4. The summed E-state index contributed by atoms with van der Waals surface area (Å²) in [5.41, 5.74) is 1.25. The second-order valence-electron chi connectivity index (χ2n) is 4.63. The topological polar surface area (TPSA) is 9.23 Å². The maximum absolute atomic E-state index is 5.48. The largest absolute Gasteiger partial charge is 0.496 e. The molecule has 0 spiro atoms. The standard InChI is InChI=1S/C15H22Br2O/c1-4-6-11(7-5-2)15(17)13-10-12(16)8-9-14(13)18-3/h8-11,15H,4-7H2,1-3H3. The number of methoxy groups -OCH3 is 1. The van der Waals surface area contributed by atoms with E-state index in [4.69, 9.17) is 4.74 Å². The number of hydrogen-bond acceptors (Lipinski definition) is 1. The lowest BCUT2D eigenvalue weighted by molar-refractivity contribution is 0.392. The molecule has 1 aromatic carbocycles. The fourth-order valence-electron chi connectivity index (χ4n) is 2.35. The van der Waals surface area contributed by atoms with Crippen molar-refractivity contribution >= 4 is 31.9 Å². The van der Waals surface area contributed by atoms with Crippen LogP contribution in [0.15, 0.2) is 22.7 Å². The van der Waals surface area contributed by atoms with Crippen molar-refractivity contribution in [3.8, 4) is 5.75 Å². The molecule has 0 saturated heterocycles. The van der Waals surface area contributed by atoms with E-state index in [0.717, 1.165) is 10.2 Å². The second kappa shape index (κ2) is 8.21. The van der Waals surface area contributed by atoms with Gasteiger partial charge in [-0.15, -0.1) is 0 Å². The number of halogens is 2. The van der Waals surface area contributed by atoms with Gasteiger partial charge in [-0.25, -0.2) is 0 Å². The lowest BCUT2D eigenvalue weighted by Crippen LogP contribution is -2.09. The van der Waals surface area contributed by atoms with Gasteiger partial charge in [-0.2, -0.15) is 0 Å². The van der Waals surface area contributed by atoms with E-state index >= 15 is 0 Å². The molecule has 1 aromatic rings. The van der Waals surface area contributed by atoms with Gasteiger partial charge in [-0.1, -0.05) is 58.5 Å². The van der Waals surface area contributed by atoms with Crippen LogP contribution in [0.4, 0.5) is 0 Å². The molecule has 0 aliphatic heterocycles. The summed E-state index contributed by atoms with van der Waals surface area (Å²) in [6.45, 7) is 4.50. The van der Waals surface area contributed by atoms with Crippen molar-refractivity contribution in [3.05, 3.63) is 28.2 Å². The van der Waals surface area contributed by atoms with Crippen LogP contribution in [-0.2, 0) is 0 Å².